The van der Waals surface area contributed by atoms with Crippen LogP contribution in [0.3, 0.4) is 0 Å². The van der Waals surface area contributed by atoms with Crippen molar-refractivity contribution in [3.8, 4) is 0 Å². The van der Waals surface area contributed by atoms with Gasteiger partial charge in [-0.1, -0.05) is 26.2 Å². The average molecular weight is 270 g/mol. The molecule has 1 unspecified atom stereocenters. The van der Waals surface area contributed by atoms with Crippen LogP contribution in [-0.4, -0.2) is 48.7 Å². The van der Waals surface area contributed by atoms with E-state index in [1.807, 2.05) is 4.90 Å². The van der Waals surface area contributed by atoms with E-state index in [0.717, 1.165) is 51.7 Å². The Balaban J connectivity index is 2.20. The van der Waals surface area contributed by atoms with Gasteiger partial charge in [0.25, 0.3) is 0 Å². The van der Waals surface area contributed by atoms with Crippen LogP contribution in [-0.2, 0) is 4.79 Å². The van der Waals surface area contributed by atoms with Crippen molar-refractivity contribution < 1.29 is 9.90 Å². The van der Waals surface area contributed by atoms with Crippen LogP contribution in [0.25, 0.3) is 0 Å². The van der Waals surface area contributed by atoms with Gasteiger partial charge in [-0.2, -0.15) is 0 Å². The molecule has 1 saturated heterocycles. The molecule has 1 amide bonds. The molecule has 4 heteroatoms. The number of carbonyl (C=O) groups is 1. The van der Waals surface area contributed by atoms with E-state index in [9.17, 15) is 4.79 Å². The Morgan fingerprint density at radius 2 is 1.89 bits per heavy atom. The Bertz CT molecular complexity index is 232. The normalized spacial score (nSPS) is 18.1. The van der Waals surface area contributed by atoms with E-state index in [-0.39, 0.29) is 12.5 Å². The van der Waals surface area contributed by atoms with Crippen LogP contribution in [0.2, 0.25) is 0 Å². The van der Waals surface area contributed by atoms with E-state index in [1.165, 1.54) is 12.8 Å². The lowest BCUT2D eigenvalue weighted by Gasteiger charge is -2.21. The summed E-state index contributed by atoms with van der Waals surface area (Å²) in [6, 6.07) is 0. The zero-order chi connectivity index (χ0) is 13.9. The van der Waals surface area contributed by atoms with Crippen LogP contribution in [0.5, 0.6) is 0 Å². The Kier molecular flexibility index (Phi) is 8.84. The van der Waals surface area contributed by atoms with Gasteiger partial charge in [0.1, 0.15) is 0 Å². The van der Waals surface area contributed by atoms with Gasteiger partial charge in [0.05, 0.1) is 6.54 Å². The van der Waals surface area contributed by atoms with Gasteiger partial charge >= 0.3 is 0 Å². The number of aliphatic hydroxyl groups is 1. The minimum absolute atomic E-state index is 0.237. The van der Waals surface area contributed by atoms with Gasteiger partial charge in [0.2, 0.25) is 5.91 Å². The molecule has 0 radical (unpaired) electrons. The molecule has 0 aliphatic carbocycles. The third-order valence-electron chi connectivity index (χ3n) is 3.90. The molecule has 0 aromatic carbocycles. The maximum atomic E-state index is 12.1. The predicted molar refractivity (Wildman–Crippen MR) is 78.0 cm³/mol. The number of carbonyl (C=O) groups excluding carboxylic acids is 1. The molecule has 0 aromatic heterocycles. The third-order valence-corrected chi connectivity index (χ3v) is 3.90. The van der Waals surface area contributed by atoms with Crippen molar-refractivity contribution in [2.45, 2.75) is 51.9 Å². The van der Waals surface area contributed by atoms with E-state index >= 15 is 0 Å². The molecular weight excluding hydrogens is 240 g/mol. The fraction of sp³-hybridized carbons (Fsp3) is 0.933. The van der Waals surface area contributed by atoms with Gasteiger partial charge in [0.15, 0.2) is 0 Å². The zero-order valence-corrected chi connectivity index (χ0v) is 12.4. The number of rotatable bonds is 8. The minimum Gasteiger partial charge on any atom is -0.396 e. The molecule has 1 aliphatic heterocycles. The van der Waals surface area contributed by atoms with E-state index in [1.54, 1.807) is 0 Å². The summed E-state index contributed by atoms with van der Waals surface area (Å²) in [4.78, 5) is 14.1. The highest BCUT2D eigenvalue weighted by Crippen LogP contribution is 2.10. The maximum absolute atomic E-state index is 12.1. The number of hydrogen-bond acceptors (Lipinski definition) is 3. The van der Waals surface area contributed by atoms with Gasteiger partial charge < -0.3 is 15.3 Å². The molecule has 1 heterocycles. The molecule has 1 aliphatic rings. The fourth-order valence-electron chi connectivity index (χ4n) is 2.75. The molecule has 0 aromatic rings. The molecule has 1 atom stereocenters. The SMILES string of the molecule is CCCC(CCO)CNCC(=O)N1CCCCCC1. The van der Waals surface area contributed by atoms with Crippen molar-refractivity contribution in [2.24, 2.45) is 5.92 Å². The second kappa shape index (κ2) is 10.2. The molecule has 4 nitrogen and oxygen atoms in total. The summed E-state index contributed by atoms with van der Waals surface area (Å²) in [6.45, 7) is 5.55. The molecular formula is C15H30N2O2. The summed E-state index contributed by atoms with van der Waals surface area (Å²) in [6.07, 6.45) is 7.89. The van der Waals surface area contributed by atoms with Gasteiger partial charge in [-0.15, -0.1) is 0 Å². The van der Waals surface area contributed by atoms with Crippen LogP contribution in [0, 0.1) is 5.92 Å². The Hall–Kier alpha value is -0.610. The standard InChI is InChI=1S/C15H30N2O2/c1-2-7-14(8-11-18)12-16-13-15(19)17-9-5-3-4-6-10-17/h14,16,18H,2-13H2,1H3. The van der Waals surface area contributed by atoms with Gasteiger partial charge in [-0.05, 0) is 38.1 Å². The van der Waals surface area contributed by atoms with Crippen LogP contribution in [0.15, 0.2) is 0 Å². The monoisotopic (exact) mass is 270 g/mol. The highest BCUT2D eigenvalue weighted by Gasteiger charge is 2.15. The molecule has 1 rings (SSSR count). The zero-order valence-electron chi connectivity index (χ0n) is 12.4. The van der Waals surface area contributed by atoms with Crippen molar-refractivity contribution in [2.75, 3.05) is 32.8 Å². The van der Waals surface area contributed by atoms with Crippen LogP contribution < -0.4 is 5.32 Å². The largest absolute Gasteiger partial charge is 0.396 e. The van der Waals surface area contributed by atoms with E-state index in [2.05, 4.69) is 12.2 Å². The Morgan fingerprint density at radius 1 is 1.21 bits per heavy atom. The molecule has 2 N–H and O–H groups in total. The highest BCUT2D eigenvalue weighted by atomic mass is 16.3. The number of hydrogen-bond donors (Lipinski definition) is 2. The predicted octanol–water partition coefficient (Wildman–Crippen LogP) is 1.78. The first-order valence-electron chi connectivity index (χ1n) is 7.87. The van der Waals surface area contributed by atoms with Gasteiger partial charge in [0, 0.05) is 19.7 Å². The number of nitrogens with zero attached hydrogens (tertiary/aromatic N) is 1. The summed E-state index contributed by atoms with van der Waals surface area (Å²) >= 11 is 0. The van der Waals surface area contributed by atoms with Crippen molar-refractivity contribution >= 4 is 5.91 Å². The van der Waals surface area contributed by atoms with Crippen molar-refractivity contribution in [1.82, 2.24) is 10.2 Å². The quantitative estimate of drug-likeness (QED) is 0.707. The lowest BCUT2D eigenvalue weighted by atomic mass is 10.0. The van der Waals surface area contributed by atoms with E-state index in [4.69, 9.17) is 5.11 Å². The number of nitrogens with one attached hydrogen (secondary N) is 1. The smallest absolute Gasteiger partial charge is 0.236 e. The summed E-state index contributed by atoms with van der Waals surface area (Å²) in [5, 5.41) is 12.3. The second-order valence-electron chi connectivity index (χ2n) is 5.59. The summed E-state index contributed by atoms with van der Waals surface area (Å²) < 4.78 is 0. The molecule has 0 bridgehead atoms. The first-order chi connectivity index (χ1) is 9.27. The Morgan fingerprint density at radius 3 is 2.47 bits per heavy atom. The molecule has 0 spiro atoms. The fourth-order valence-corrected chi connectivity index (χ4v) is 2.75. The van der Waals surface area contributed by atoms with Crippen LogP contribution in [0.1, 0.15) is 51.9 Å². The van der Waals surface area contributed by atoms with Crippen molar-refractivity contribution in [1.29, 1.82) is 0 Å². The minimum atomic E-state index is 0.237. The van der Waals surface area contributed by atoms with Crippen molar-refractivity contribution in [3.05, 3.63) is 0 Å². The van der Waals surface area contributed by atoms with Gasteiger partial charge in [-0.3, -0.25) is 4.79 Å². The average Bonchev–Trinajstić information content (AvgIpc) is 2.68. The van der Waals surface area contributed by atoms with Gasteiger partial charge in [-0.25, -0.2) is 0 Å². The van der Waals surface area contributed by atoms with E-state index in [0.29, 0.717) is 12.5 Å². The molecule has 112 valence electrons. The first-order valence-corrected chi connectivity index (χ1v) is 7.87. The lowest BCUT2D eigenvalue weighted by Crippen LogP contribution is -2.40. The molecule has 1 fully saturated rings. The first kappa shape index (κ1) is 16.4. The second-order valence-corrected chi connectivity index (χ2v) is 5.59. The summed E-state index contributed by atoms with van der Waals surface area (Å²) in [5.41, 5.74) is 0. The topological polar surface area (TPSA) is 52.6 Å². The van der Waals surface area contributed by atoms with Crippen LogP contribution in [0.4, 0.5) is 0 Å². The molecule has 0 saturated carbocycles. The highest BCUT2D eigenvalue weighted by molar-refractivity contribution is 5.78. The maximum Gasteiger partial charge on any atom is 0.236 e. The number of amides is 1. The summed E-state index contributed by atoms with van der Waals surface area (Å²) in [5.74, 6) is 0.730. The Labute approximate surface area is 117 Å². The number of aliphatic hydroxyl groups excluding tert-OH is 1. The van der Waals surface area contributed by atoms with Crippen molar-refractivity contribution in [3.63, 3.8) is 0 Å². The van der Waals surface area contributed by atoms with E-state index < -0.39 is 0 Å². The van der Waals surface area contributed by atoms with Crippen LogP contribution >= 0.6 is 0 Å². The lowest BCUT2D eigenvalue weighted by molar-refractivity contribution is -0.130. The number of likely N-dealkylation sites (tertiary alicyclic amines) is 1. The third kappa shape index (κ3) is 6.92. The molecule has 19 heavy (non-hydrogen) atoms. The summed E-state index contributed by atoms with van der Waals surface area (Å²) in [7, 11) is 0.